The van der Waals surface area contributed by atoms with Gasteiger partial charge in [0.1, 0.15) is 5.69 Å². The van der Waals surface area contributed by atoms with E-state index in [0.29, 0.717) is 24.4 Å². The first-order chi connectivity index (χ1) is 29.9. The van der Waals surface area contributed by atoms with E-state index in [2.05, 4.69) is 50.7 Å². The zero-order chi connectivity index (χ0) is 43.6. The van der Waals surface area contributed by atoms with Gasteiger partial charge in [0, 0.05) is 83.8 Å². The minimum absolute atomic E-state index is 0.115. The van der Waals surface area contributed by atoms with E-state index in [1.54, 1.807) is 23.9 Å². The van der Waals surface area contributed by atoms with Gasteiger partial charge in [0.05, 0.1) is 23.0 Å². The summed E-state index contributed by atoms with van der Waals surface area (Å²) in [4.78, 5) is 33.0. The fourth-order valence-electron chi connectivity index (χ4n) is 8.73. The van der Waals surface area contributed by atoms with Crippen LogP contribution in [0.15, 0.2) is 112 Å². The molecule has 0 radical (unpaired) electrons. The van der Waals surface area contributed by atoms with Crippen LogP contribution in [0.2, 0.25) is 5.02 Å². The Labute approximate surface area is 375 Å². The number of hydrogen-bond donors (Lipinski definition) is 2. The highest BCUT2D eigenvalue weighted by Gasteiger charge is 2.28. The van der Waals surface area contributed by atoms with Gasteiger partial charge in [-0.25, -0.2) is 13.1 Å². The van der Waals surface area contributed by atoms with Gasteiger partial charge in [-0.15, -0.1) is 11.8 Å². The maximum atomic E-state index is 13.5. The van der Waals surface area contributed by atoms with Gasteiger partial charge in [-0.05, 0) is 136 Å². The highest BCUT2D eigenvalue weighted by Crippen LogP contribution is 2.32. The number of carbonyl (C=O) groups excluding carboxylic acids is 1. The van der Waals surface area contributed by atoms with Crippen LogP contribution in [-0.2, 0) is 14.8 Å². The number of rotatable bonds is 18. The molecule has 0 unspecified atom stereocenters. The number of anilines is 2. The lowest BCUT2D eigenvalue weighted by molar-refractivity contribution is -0.384. The Morgan fingerprint density at radius 2 is 1.65 bits per heavy atom. The first-order valence-corrected chi connectivity index (χ1v) is 24.5. The maximum absolute atomic E-state index is 13.5. The van der Waals surface area contributed by atoms with Gasteiger partial charge in [0.2, 0.25) is 0 Å². The van der Waals surface area contributed by atoms with E-state index in [1.807, 2.05) is 54.6 Å². The van der Waals surface area contributed by atoms with E-state index in [4.69, 9.17) is 16.3 Å². The topological polar surface area (TPSA) is 137 Å². The third-order valence-corrected chi connectivity index (χ3v) is 15.1. The van der Waals surface area contributed by atoms with Crippen LogP contribution in [0.25, 0.3) is 5.57 Å². The lowest BCUT2D eigenvalue weighted by Crippen LogP contribution is -2.46. The Morgan fingerprint density at radius 3 is 2.34 bits per heavy atom. The third-order valence-electron chi connectivity index (χ3n) is 12.3. The van der Waals surface area contributed by atoms with Crippen LogP contribution >= 0.6 is 23.4 Å². The SMILES string of the molecule is C[C@@H]1CC[C@H](C)N1CCC[C@H](CSc1ccccc1)Nc1ccc(S(=O)(=O)NC(=O)c2ccc(N3CCN(CCC4=C(c5ccc(Cl)cc5)CCOC4)CC3)cc2)cc1[N+](=O)[O-]. The number of sulfonamides is 1. The van der Waals surface area contributed by atoms with Gasteiger partial charge in [0.25, 0.3) is 21.6 Å². The molecule has 330 valence electrons. The summed E-state index contributed by atoms with van der Waals surface area (Å²) in [5.74, 6) is -0.149. The Bertz CT molecular complexity index is 2280. The van der Waals surface area contributed by atoms with Gasteiger partial charge >= 0.3 is 0 Å². The molecule has 4 aromatic rings. The zero-order valence-electron chi connectivity index (χ0n) is 35.5. The molecule has 7 rings (SSSR count). The standard InChI is InChI=1S/C47H57ClN6O6S2/c1-34-10-11-35(2)53(34)24-6-7-40(33-61-42-8-4-3-5-9-42)49-45-21-20-43(31-46(45)54(56)57)62(58,59)50-47(55)37-14-18-41(19-15-37)52-28-26-51(27-29-52)25-22-38-32-60-30-23-44(38)36-12-16-39(48)17-13-36/h3-5,8-9,12-21,31,34-35,40,49H,6-7,10-11,22-30,32-33H2,1-2H3,(H,50,55)/t34-,35+,40-/m1/s1. The Balaban J connectivity index is 0.937. The zero-order valence-corrected chi connectivity index (χ0v) is 37.9. The fraction of sp³-hybridized carbons (Fsp3) is 0.426. The van der Waals surface area contributed by atoms with E-state index < -0.39 is 20.9 Å². The quantitative estimate of drug-likeness (QED) is 0.0563. The molecule has 12 nitrogen and oxygen atoms in total. The second-order valence-corrected chi connectivity index (χ2v) is 19.7. The van der Waals surface area contributed by atoms with Crippen molar-refractivity contribution in [1.29, 1.82) is 0 Å². The number of nitro benzene ring substituents is 1. The molecule has 2 fully saturated rings. The molecule has 2 saturated heterocycles. The monoisotopic (exact) mass is 900 g/mol. The van der Waals surface area contributed by atoms with Crippen LogP contribution in [0.1, 0.15) is 68.3 Å². The van der Waals surface area contributed by atoms with Crippen molar-refractivity contribution in [1.82, 2.24) is 14.5 Å². The number of thioether (sulfide) groups is 1. The Hall–Kier alpha value is -4.44. The van der Waals surface area contributed by atoms with E-state index in [0.717, 1.165) is 93.2 Å². The van der Waals surface area contributed by atoms with Crippen molar-refractivity contribution in [2.45, 2.75) is 80.3 Å². The Kier molecular flexibility index (Phi) is 15.7. The number of likely N-dealkylation sites (tertiary alicyclic amines) is 1. The molecule has 0 aromatic heterocycles. The molecule has 0 spiro atoms. The highest BCUT2D eigenvalue weighted by atomic mass is 35.5. The molecule has 3 atom stereocenters. The third kappa shape index (κ3) is 12.0. The maximum Gasteiger partial charge on any atom is 0.293 e. The van der Waals surface area contributed by atoms with Gasteiger partial charge in [-0.1, -0.05) is 41.9 Å². The molecule has 4 aromatic carbocycles. The Morgan fingerprint density at radius 1 is 0.935 bits per heavy atom. The number of nitrogens with zero attached hydrogens (tertiary/aromatic N) is 4. The fourth-order valence-corrected chi connectivity index (χ4v) is 10.8. The average molecular weight is 902 g/mol. The van der Waals surface area contributed by atoms with Crippen LogP contribution < -0.4 is 14.9 Å². The van der Waals surface area contributed by atoms with Crippen molar-refractivity contribution in [3.05, 3.63) is 129 Å². The van der Waals surface area contributed by atoms with Gasteiger partial charge < -0.3 is 15.0 Å². The van der Waals surface area contributed by atoms with Gasteiger partial charge in [-0.3, -0.25) is 24.7 Å². The summed E-state index contributed by atoms with van der Waals surface area (Å²) in [6.45, 7) is 11.2. The molecule has 15 heteroatoms. The summed E-state index contributed by atoms with van der Waals surface area (Å²) in [5.41, 5.74) is 4.87. The normalized spacial score (nSPS) is 19.4. The minimum Gasteiger partial charge on any atom is -0.377 e. The van der Waals surface area contributed by atoms with E-state index >= 15 is 0 Å². The summed E-state index contributed by atoms with van der Waals surface area (Å²) in [6.07, 6.45) is 5.89. The number of carbonyl (C=O) groups is 1. The van der Waals surface area contributed by atoms with E-state index in [-0.39, 0.29) is 27.9 Å². The smallest absolute Gasteiger partial charge is 0.293 e. The van der Waals surface area contributed by atoms with Crippen molar-refractivity contribution < 1.29 is 22.9 Å². The highest BCUT2D eigenvalue weighted by molar-refractivity contribution is 7.99. The van der Waals surface area contributed by atoms with Crippen LogP contribution in [0.3, 0.4) is 0 Å². The number of nitro groups is 1. The largest absolute Gasteiger partial charge is 0.377 e. The molecular weight excluding hydrogens is 844 g/mol. The first-order valence-electron chi connectivity index (χ1n) is 21.6. The summed E-state index contributed by atoms with van der Waals surface area (Å²) in [7, 11) is -4.43. The summed E-state index contributed by atoms with van der Waals surface area (Å²) >= 11 is 7.80. The number of ether oxygens (including phenoxy) is 1. The molecule has 3 aliphatic heterocycles. The number of hydrogen-bond acceptors (Lipinski definition) is 11. The molecule has 0 bridgehead atoms. The van der Waals surface area contributed by atoms with Crippen LogP contribution in [0.4, 0.5) is 17.1 Å². The molecule has 3 aliphatic rings. The van der Waals surface area contributed by atoms with Crippen LogP contribution in [0, 0.1) is 10.1 Å². The summed E-state index contributed by atoms with van der Waals surface area (Å²) < 4.78 is 34.9. The second-order valence-electron chi connectivity index (χ2n) is 16.5. The van der Waals surface area contributed by atoms with Crippen molar-refractivity contribution in [3.63, 3.8) is 0 Å². The van der Waals surface area contributed by atoms with Crippen LogP contribution in [-0.4, -0.2) is 105 Å². The lowest BCUT2D eigenvalue weighted by atomic mass is 9.94. The summed E-state index contributed by atoms with van der Waals surface area (Å²) in [6, 6.07) is 29.6. The molecule has 1 amide bonds. The minimum atomic E-state index is -4.43. The predicted octanol–water partition coefficient (Wildman–Crippen LogP) is 8.98. The van der Waals surface area contributed by atoms with Gasteiger partial charge in [-0.2, -0.15) is 0 Å². The molecule has 2 N–H and O–H groups in total. The van der Waals surface area contributed by atoms with Crippen molar-refractivity contribution in [2.75, 3.05) is 68.5 Å². The molecule has 3 heterocycles. The van der Waals surface area contributed by atoms with Gasteiger partial charge in [0.15, 0.2) is 0 Å². The van der Waals surface area contributed by atoms with Crippen molar-refractivity contribution in [3.8, 4) is 0 Å². The number of nitrogens with one attached hydrogen (secondary N) is 2. The molecule has 0 aliphatic carbocycles. The second kappa shape index (κ2) is 21.3. The average Bonchev–Trinajstić information content (AvgIpc) is 3.60. The molecule has 0 saturated carbocycles. The molecular formula is C47H57ClN6O6S2. The van der Waals surface area contributed by atoms with Crippen molar-refractivity contribution >= 4 is 61.9 Å². The van der Waals surface area contributed by atoms with E-state index in [9.17, 15) is 23.3 Å². The first kappa shape index (κ1) is 45.6. The van der Waals surface area contributed by atoms with E-state index in [1.165, 1.54) is 41.7 Å². The number of halogens is 1. The number of amides is 1. The number of benzene rings is 4. The predicted molar refractivity (Wildman–Crippen MR) is 250 cm³/mol. The lowest BCUT2D eigenvalue weighted by Gasteiger charge is -2.36. The molecule has 62 heavy (non-hydrogen) atoms. The summed E-state index contributed by atoms with van der Waals surface area (Å²) in [5, 5.41) is 16.5. The van der Waals surface area contributed by atoms with Crippen LogP contribution in [0.5, 0.6) is 0 Å². The van der Waals surface area contributed by atoms with Crippen molar-refractivity contribution in [2.24, 2.45) is 0 Å². The number of piperazine rings is 1.